The van der Waals surface area contributed by atoms with Crippen molar-refractivity contribution in [3.8, 4) is 0 Å². The Morgan fingerprint density at radius 1 is 0.647 bits per heavy atom. The van der Waals surface area contributed by atoms with Gasteiger partial charge in [-0.3, -0.25) is 14.4 Å². The molecule has 0 unspecified atom stereocenters. The lowest BCUT2D eigenvalue weighted by Crippen LogP contribution is -2.17. The topological polar surface area (TPSA) is 101 Å². The van der Waals surface area contributed by atoms with Gasteiger partial charge in [0, 0.05) is 25.7 Å². The van der Waals surface area contributed by atoms with Gasteiger partial charge in [-0.2, -0.15) is 0 Å². The molecule has 0 bridgehead atoms. The molecular formula is C28H50O6. The van der Waals surface area contributed by atoms with E-state index in [9.17, 15) is 14.4 Å². The van der Waals surface area contributed by atoms with Crippen LogP contribution in [0.2, 0.25) is 0 Å². The molecule has 0 aromatic heterocycles. The number of hydrogen-bond acceptors (Lipinski definition) is 4. The van der Waals surface area contributed by atoms with Gasteiger partial charge in [0.05, 0.1) is 0 Å². The molecule has 6 nitrogen and oxygen atoms in total. The molecule has 0 aromatic rings. The van der Waals surface area contributed by atoms with Crippen molar-refractivity contribution in [3.05, 3.63) is 12.2 Å². The minimum atomic E-state index is -0.730. The standard InChI is InChI=1S/C28H50O6/c1-2-3-4-15-20-25(21-16-11-7-5-6-8-12-17-22-26(29)30)34-28(33)24-19-14-10-9-13-18-23-27(31)32/h11,16,25H,2-10,12-15,17-24H2,1H3,(H,29,30)(H,31,32)/b16-11-/t25-/m1/s1. The molecule has 198 valence electrons. The minimum absolute atomic E-state index is 0.0346. The molecule has 0 aliphatic carbocycles. The van der Waals surface area contributed by atoms with E-state index in [1.54, 1.807) is 0 Å². The van der Waals surface area contributed by atoms with Crippen molar-refractivity contribution < 1.29 is 29.3 Å². The molecule has 0 fully saturated rings. The number of ether oxygens (including phenoxy) is 1. The van der Waals surface area contributed by atoms with Gasteiger partial charge in [0.1, 0.15) is 6.10 Å². The lowest BCUT2D eigenvalue weighted by molar-refractivity contribution is -0.149. The lowest BCUT2D eigenvalue weighted by atomic mass is 10.1. The third kappa shape index (κ3) is 24.8. The van der Waals surface area contributed by atoms with Gasteiger partial charge in [0.2, 0.25) is 0 Å². The zero-order valence-corrected chi connectivity index (χ0v) is 21.6. The summed E-state index contributed by atoms with van der Waals surface area (Å²) < 4.78 is 5.79. The van der Waals surface area contributed by atoms with Gasteiger partial charge in [0.25, 0.3) is 0 Å². The summed E-state index contributed by atoms with van der Waals surface area (Å²) in [6.45, 7) is 2.19. The van der Waals surface area contributed by atoms with Crippen molar-refractivity contribution in [1.29, 1.82) is 0 Å². The Bertz CT molecular complexity index is 543. The van der Waals surface area contributed by atoms with Crippen LogP contribution in [0.25, 0.3) is 0 Å². The first-order valence-electron chi connectivity index (χ1n) is 13.7. The Kier molecular flexibility index (Phi) is 23.0. The summed E-state index contributed by atoms with van der Waals surface area (Å²) in [5.41, 5.74) is 0. The Hall–Kier alpha value is -1.85. The molecule has 0 heterocycles. The molecule has 0 aromatic carbocycles. The molecule has 6 heteroatoms. The normalized spacial score (nSPS) is 12.1. The first-order valence-corrected chi connectivity index (χ1v) is 13.7. The molecule has 1 atom stereocenters. The fourth-order valence-electron chi connectivity index (χ4n) is 3.96. The van der Waals surface area contributed by atoms with E-state index in [0.29, 0.717) is 6.42 Å². The van der Waals surface area contributed by atoms with Crippen LogP contribution in [0.15, 0.2) is 12.2 Å². The van der Waals surface area contributed by atoms with Gasteiger partial charge in [-0.05, 0) is 44.9 Å². The lowest BCUT2D eigenvalue weighted by Gasteiger charge is -2.16. The molecule has 34 heavy (non-hydrogen) atoms. The van der Waals surface area contributed by atoms with E-state index in [-0.39, 0.29) is 24.9 Å². The first-order chi connectivity index (χ1) is 16.5. The second-order valence-corrected chi connectivity index (χ2v) is 9.38. The van der Waals surface area contributed by atoms with Crippen LogP contribution in [-0.2, 0) is 19.1 Å². The zero-order valence-electron chi connectivity index (χ0n) is 21.6. The van der Waals surface area contributed by atoms with Gasteiger partial charge in [-0.15, -0.1) is 0 Å². The highest BCUT2D eigenvalue weighted by Crippen LogP contribution is 2.15. The summed E-state index contributed by atoms with van der Waals surface area (Å²) in [6, 6.07) is 0. The Morgan fingerprint density at radius 3 is 1.71 bits per heavy atom. The maximum Gasteiger partial charge on any atom is 0.306 e. The van der Waals surface area contributed by atoms with Crippen molar-refractivity contribution in [2.45, 2.75) is 148 Å². The SMILES string of the molecule is CCCCCC[C@H](C/C=C\CCCCCCCC(=O)O)OC(=O)CCCCCCCCC(=O)O. The summed E-state index contributed by atoms with van der Waals surface area (Å²) >= 11 is 0. The summed E-state index contributed by atoms with van der Waals surface area (Å²) in [4.78, 5) is 33.3. The van der Waals surface area contributed by atoms with Crippen molar-refractivity contribution >= 4 is 17.9 Å². The van der Waals surface area contributed by atoms with Crippen molar-refractivity contribution in [1.82, 2.24) is 0 Å². The highest BCUT2D eigenvalue weighted by molar-refractivity contribution is 5.69. The average molecular weight is 483 g/mol. The highest BCUT2D eigenvalue weighted by Gasteiger charge is 2.13. The van der Waals surface area contributed by atoms with Gasteiger partial charge in [0.15, 0.2) is 0 Å². The monoisotopic (exact) mass is 482 g/mol. The number of rotatable bonds is 25. The van der Waals surface area contributed by atoms with Gasteiger partial charge in [-0.1, -0.05) is 83.3 Å². The zero-order chi connectivity index (χ0) is 25.3. The number of unbranched alkanes of at least 4 members (excludes halogenated alkanes) is 13. The molecule has 0 saturated heterocycles. The fourth-order valence-corrected chi connectivity index (χ4v) is 3.96. The number of hydrogen-bond donors (Lipinski definition) is 2. The van der Waals surface area contributed by atoms with Crippen LogP contribution in [0.5, 0.6) is 0 Å². The smallest absolute Gasteiger partial charge is 0.306 e. The second kappa shape index (κ2) is 24.3. The molecule has 0 saturated carbocycles. The number of carbonyl (C=O) groups is 3. The summed E-state index contributed by atoms with van der Waals surface area (Å²) in [7, 11) is 0. The number of carbonyl (C=O) groups excluding carboxylic acids is 1. The van der Waals surface area contributed by atoms with Gasteiger partial charge >= 0.3 is 17.9 Å². The quantitative estimate of drug-likeness (QED) is 0.0781. The molecule has 0 aliphatic rings. The largest absolute Gasteiger partial charge is 0.481 e. The predicted molar refractivity (Wildman–Crippen MR) is 137 cm³/mol. The predicted octanol–water partition coefficient (Wildman–Crippen LogP) is 7.84. The average Bonchev–Trinajstić information content (AvgIpc) is 2.79. The van der Waals surface area contributed by atoms with Crippen molar-refractivity contribution in [2.75, 3.05) is 0 Å². The van der Waals surface area contributed by atoms with Gasteiger partial charge < -0.3 is 14.9 Å². The first kappa shape index (κ1) is 32.1. The minimum Gasteiger partial charge on any atom is -0.481 e. The molecular weight excluding hydrogens is 432 g/mol. The number of carboxylic acids is 2. The maximum atomic E-state index is 12.3. The third-order valence-electron chi connectivity index (χ3n) is 6.03. The van der Waals surface area contributed by atoms with E-state index in [0.717, 1.165) is 96.3 Å². The van der Waals surface area contributed by atoms with Crippen molar-refractivity contribution in [3.63, 3.8) is 0 Å². The molecule has 2 N–H and O–H groups in total. The fraction of sp³-hybridized carbons (Fsp3) is 0.821. The number of esters is 1. The Labute approximate surface area is 207 Å². The van der Waals surface area contributed by atoms with Gasteiger partial charge in [-0.25, -0.2) is 0 Å². The Morgan fingerprint density at radius 2 is 1.15 bits per heavy atom. The summed E-state index contributed by atoms with van der Waals surface area (Å²) in [5, 5.41) is 17.3. The van der Waals surface area contributed by atoms with E-state index in [4.69, 9.17) is 14.9 Å². The number of allylic oxidation sites excluding steroid dienone is 1. The summed E-state index contributed by atoms with van der Waals surface area (Å²) in [5.74, 6) is -1.54. The molecule has 0 radical (unpaired) electrons. The van der Waals surface area contributed by atoms with E-state index in [1.165, 1.54) is 19.3 Å². The van der Waals surface area contributed by atoms with Crippen LogP contribution in [0.4, 0.5) is 0 Å². The van der Waals surface area contributed by atoms with Crippen LogP contribution in [0.1, 0.15) is 142 Å². The number of aliphatic carboxylic acids is 2. The molecule has 0 amide bonds. The van der Waals surface area contributed by atoms with E-state index in [1.807, 2.05) is 0 Å². The van der Waals surface area contributed by atoms with Crippen LogP contribution >= 0.6 is 0 Å². The molecule has 0 spiro atoms. The van der Waals surface area contributed by atoms with E-state index in [2.05, 4.69) is 19.1 Å². The Balaban J connectivity index is 4.01. The summed E-state index contributed by atoms with van der Waals surface area (Å²) in [6.07, 6.45) is 23.3. The van der Waals surface area contributed by atoms with E-state index < -0.39 is 11.9 Å². The van der Waals surface area contributed by atoms with Crippen LogP contribution in [0, 0.1) is 0 Å². The molecule has 0 rings (SSSR count). The third-order valence-corrected chi connectivity index (χ3v) is 6.03. The van der Waals surface area contributed by atoms with Crippen LogP contribution < -0.4 is 0 Å². The van der Waals surface area contributed by atoms with Crippen LogP contribution in [-0.4, -0.2) is 34.2 Å². The van der Waals surface area contributed by atoms with Crippen molar-refractivity contribution in [2.24, 2.45) is 0 Å². The number of carboxylic acid groups (broad SMARTS) is 2. The van der Waals surface area contributed by atoms with Crippen LogP contribution in [0.3, 0.4) is 0 Å². The second-order valence-electron chi connectivity index (χ2n) is 9.38. The molecule has 0 aliphatic heterocycles. The maximum absolute atomic E-state index is 12.3. The van der Waals surface area contributed by atoms with E-state index >= 15 is 0 Å². The highest BCUT2D eigenvalue weighted by atomic mass is 16.5.